The molecule has 0 bridgehead atoms. The summed E-state index contributed by atoms with van der Waals surface area (Å²) in [4.78, 5) is 20.9. The van der Waals surface area contributed by atoms with Crippen LogP contribution >= 0.6 is 0 Å². The number of carbonyl (C=O) groups excluding carboxylic acids is 1. The van der Waals surface area contributed by atoms with E-state index in [1.807, 2.05) is 32.0 Å². The van der Waals surface area contributed by atoms with E-state index in [9.17, 15) is 4.79 Å². The highest BCUT2D eigenvalue weighted by atomic mass is 16.5. The molecule has 4 rings (SSSR count). The third-order valence-electron chi connectivity index (χ3n) is 5.24. The van der Waals surface area contributed by atoms with Crippen LogP contribution in [0.3, 0.4) is 0 Å². The molecule has 1 atom stereocenters. The summed E-state index contributed by atoms with van der Waals surface area (Å²) in [5.41, 5.74) is 4.50. The fraction of sp³-hybridized carbons (Fsp3) is 0.476. The van der Waals surface area contributed by atoms with E-state index in [1.54, 1.807) is 6.33 Å². The van der Waals surface area contributed by atoms with Crippen molar-refractivity contribution in [2.24, 2.45) is 5.92 Å². The predicted octanol–water partition coefficient (Wildman–Crippen LogP) is 3.24. The lowest BCUT2D eigenvalue weighted by Crippen LogP contribution is -2.37. The van der Waals surface area contributed by atoms with Gasteiger partial charge in [0.05, 0.1) is 0 Å². The molecule has 2 heterocycles. The minimum absolute atomic E-state index is 0.101. The summed E-state index contributed by atoms with van der Waals surface area (Å²) in [6, 6.07) is 5.87. The molecule has 1 aromatic heterocycles. The number of ether oxygens (including phenoxy) is 1. The summed E-state index contributed by atoms with van der Waals surface area (Å²) in [6.45, 7) is 5.85. The zero-order valence-corrected chi connectivity index (χ0v) is 15.9. The number of benzene rings is 1. The Morgan fingerprint density at radius 3 is 2.63 bits per heavy atom. The highest BCUT2D eigenvalue weighted by molar-refractivity contribution is 5.95. The van der Waals surface area contributed by atoms with Crippen LogP contribution in [-0.4, -0.2) is 35.1 Å². The van der Waals surface area contributed by atoms with Gasteiger partial charge in [0, 0.05) is 40.7 Å². The number of hydrogen-bond acceptors (Lipinski definition) is 5. The number of aryl methyl sites for hydroxylation is 2. The van der Waals surface area contributed by atoms with Crippen LogP contribution in [0.2, 0.25) is 0 Å². The van der Waals surface area contributed by atoms with Gasteiger partial charge in [-0.1, -0.05) is 0 Å². The molecule has 2 aromatic rings. The zero-order valence-electron chi connectivity index (χ0n) is 15.9. The summed E-state index contributed by atoms with van der Waals surface area (Å²) in [5, 5.41) is 6.42. The molecular weight excluding hydrogens is 340 g/mol. The third-order valence-corrected chi connectivity index (χ3v) is 5.24. The number of nitrogens with one attached hydrogen (secondary N) is 2. The fourth-order valence-corrected chi connectivity index (χ4v) is 3.58. The molecular formula is C21H26N4O2. The van der Waals surface area contributed by atoms with E-state index in [0.717, 1.165) is 72.7 Å². The van der Waals surface area contributed by atoms with Gasteiger partial charge in [0.25, 0.3) is 0 Å². The van der Waals surface area contributed by atoms with Gasteiger partial charge in [-0.2, -0.15) is 0 Å². The maximum Gasteiger partial charge on any atom is 0.227 e. The molecule has 2 N–H and O–H groups in total. The van der Waals surface area contributed by atoms with Crippen molar-refractivity contribution in [2.75, 3.05) is 18.4 Å². The van der Waals surface area contributed by atoms with E-state index in [-0.39, 0.29) is 17.9 Å². The second-order valence-corrected chi connectivity index (χ2v) is 7.48. The number of amides is 1. The van der Waals surface area contributed by atoms with Crippen molar-refractivity contribution < 1.29 is 9.53 Å². The Morgan fingerprint density at radius 1 is 1.19 bits per heavy atom. The van der Waals surface area contributed by atoms with Crippen molar-refractivity contribution in [1.82, 2.24) is 15.3 Å². The van der Waals surface area contributed by atoms with E-state index in [4.69, 9.17) is 4.74 Å². The van der Waals surface area contributed by atoms with Crippen molar-refractivity contribution in [3.05, 3.63) is 35.9 Å². The summed E-state index contributed by atoms with van der Waals surface area (Å²) < 4.78 is 6.34. The number of piperidine rings is 1. The molecule has 0 radical (unpaired) electrons. The number of hydrogen-bond donors (Lipinski definition) is 2. The smallest absolute Gasteiger partial charge is 0.227 e. The average Bonchev–Trinajstić information content (AvgIpc) is 3.50. The van der Waals surface area contributed by atoms with Gasteiger partial charge in [-0.15, -0.1) is 0 Å². The fourth-order valence-electron chi connectivity index (χ4n) is 3.58. The molecule has 6 nitrogen and oxygen atoms in total. The second kappa shape index (κ2) is 7.64. The maximum absolute atomic E-state index is 12.2. The van der Waals surface area contributed by atoms with Crippen LogP contribution in [0.1, 0.15) is 37.1 Å². The second-order valence-electron chi connectivity index (χ2n) is 7.48. The minimum atomic E-state index is 0.101. The van der Waals surface area contributed by atoms with Crippen LogP contribution < -0.4 is 15.4 Å². The number of aromatic nitrogens is 2. The first-order valence-electron chi connectivity index (χ1n) is 9.72. The molecule has 2 fully saturated rings. The number of carbonyl (C=O) groups is 1. The minimum Gasteiger partial charge on any atom is -0.488 e. The first kappa shape index (κ1) is 17.9. The van der Waals surface area contributed by atoms with E-state index in [0.29, 0.717) is 0 Å². The van der Waals surface area contributed by atoms with Crippen molar-refractivity contribution >= 4 is 11.6 Å². The molecule has 0 unspecified atom stereocenters. The summed E-state index contributed by atoms with van der Waals surface area (Å²) in [5.74, 6) is 1.08. The van der Waals surface area contributed by atoms with Crippen LogP contribution in [0.5, 0.6) is 5.75 Å². The normalized spacial score (nSPS) is 19.6. The van der Waals surface area contributed by atoms with Gasteiger partial charge < -0.3 is 15.4 Å². The highest BCUT2D eigenvalue weighted by Gasteiger charge is 2.30. The van der Waals surface area contributed by atoms with Crippen LogP contribution in [0.4, 0.5) is 5.69 Å². The average molecular weight is 366 g/mol. The Hall–Kier alpha value is -2.47. The quantitative estimate of drug-likeness (QED) is 0.850. The summed E-state index contributed by atoms with van der Waals surface area (Å²) in [7, 11) is 0. The third kappa shape index (κ3) is 4.11. The largest absolute Gasteiger partial charge is 0.488 e. The van der Waals surface area contributed by atoms with Crippen LogP contribution in [0, 0.1) is 19.8 Å². The lowest BCUT2D eigenvalue weighted by atomic mass is 10.0. The first-order valence-corrected chi connectivity index (χ1v) is 9.72. The zero-order chi connectivity index (χ0) is 18.8. The van der Waals surface area contributed by atoms with Crippen molar-refractivity contribution in [3.63, 3.8) is 0 Å². The Balaban J connectivity index is 1.69. The molecule has 27 heavy (non-hydrogen) atoms. The highest BCUT2D eigenvalue weighted by Crippen LogP contribution is 2.37. The standard InChI is InChI=1S/C21H26N4O2/c1-13-20(14(2)24-12-23-13)18-10-16(25-21(26)15-5-6-15)7-8-19(18)27-17-4-3-9-22-11-17/h7-8,10,12,15,17,22H,3-6,9,11H2,1-2H3,(H,25,26)/t17-/m1/s1. The van der Waals surface area contributed by atoms with Crippen molar-refractivity contribution in [1.29, 1.82) is 0 Å². The Morgan fingerprint density at radius 2 is 1.96 bits per heavy atom. The maximum atomic E-state index is 12.2. The molecule has 1 saturated carbocycles. The topological polar surface area (TPSA) is 76.1 Å². The van der Waals surface area contributed by atoms with Gasteiger partial charge in [0.15, 0.2) is 0 Å². The van der Waals surface area contributed by atoms with Crippen molar-refractivity contribution in [2.45, 2.75) is 45.6 Å². The van der Waals surface area contributed by atoms with E-state index < -0.39 is 0 Å². The van der Waals surface area contributed by atoms with Gasteiger partial charge in [-0.3, -0.25) is 4.79 Å². The lowest BCUT2D eigenvalue weighted by molar-refractivity contribution is -0.117. The van der Waals surface area contributed by atoms with Gasteiger partial charge in [-0.25, -0.2) is 9.97 Å². The van der Waals surface area contributed by atoms with Gasteiger partial charge in [-0.05, 0) is 64.3 Å². The number of rotatable bonds is 5. The molecule has 0 spiro atoms. The molecule has 1 aromatic carbocycles. The molecule has 1 aliphatic heterocycles. The van der Waals surface area contributed by atoms with E-state index in [1.165, 1.54) is 0 Å². The summed E-state index contributed by atoms with van der Waals surface area (Å²) in [6.07, 6.45) is 5.85. The Bertz CT molecular complexity index is 822. The molecule has 6 heteroatoms. The monoisotopic (exact) mass is 366 g/mol. The van der Waals surface area contributed by atoms with Gasteiger partial charge in [0.1, 0.15) is 18.2 Å². The molecule has 1 aliphatic carbocycles. The van der Waals surface area contributed by atoms with Crippen LogP contribution in [-0.2, 0) is 4.79 Å². The van der Waals surface area contributed by atoms with Gasteiger partial charge in [0.2, 0.25) is 5.91 Å². The SMILES string of the molecule is Cc1ncnc(C)c1-c1cc(NC(=O)C2CC2)ccc1O[C@@H]1CCCNC1. The predicted molar refractivity (Wildman–Crippen MR) is 105 cm³/mol. The number of nitrogens with zero attached hydrogens (tertiary/aromatic N) is 2. The summed E-state index contributed by atoms with van der Waals surface area (Å²) >= 11 is 0. The Labute approximate surface area is 159 Å². The number of anilines is 1. The lowest BCUT2D eigenvalue weighted by Gasteiger charge is -2.26. The molecule has 1 saturated heterocycles. The van der Waals surface area contributed by atoms with Crippen LogP contribution in [0.25, 0.3) is 11.1 Å². The molecule has 142 valence electrons. The van der Waals surface area contributed by atoms with E-state index in [2.05, 4.69) is 20.6 Å². The first-order chi connectivity index (χ1) is 13.1. The van der Waals surface area contributed by atoms with Crippen LogP contribution in [0.15, 0.2) is 24.5 Å². The van der Waals surface area contributed by atoms with E-state index >= 15 is 0 Å². The van der Waals surface area contributed by atoms with Gasteiger partial charge >= 0.3 is 0 Å². The molecule has 2 aliphatic rings. The molecule has 1 amide bonds. The van der Waals surface area contributed by atoms with Crippen molar-refractivity contribution in [3.8, 4) is 16.9 Å². The Kier molecular flexibility index (Phi) is 5.07.